The van der Waals surface area contributed by atoms with Gasteiger partial charge in [0.1, 0.15) is 23.4 Å². The normalized spacial score (nSPS) is 17.8. The Labute approximate surface area is 141 Å². The molecule has 0 spiro atoms. The quantitative estimate of drug-likeness (QED) is 0.884. The van der Waals surface area contributed by atoms with Gasteiger partial charge >= 0.3 is 6.09 Å². The van der Waals surface area contributed by atoms with Gasteiger partial charge in [-0.3, -0.25) is 0 Å². The van der Waals surface area contributed by atoms with Crippen molar-refractivity contribution < 1.29 is 9.53 Å². The highest BCUT2D eigenvalue weighted by Crippen LogP contribution is 2.29. The first kappa shape index (κ1) is 16.5. The summed E-state index contributed by atoms with van der Waals surface area (Å²) in [5, 5.41) is 4.06. The number of fused-ring (bicyclic) bond motifs is 1. The molecule has 0 aliphatic carbocycles. The lowest BCUT2D eigenvalue weighted by molar-refractivity contribution is 0.0448. The van der Waals surface area contributed by atoms with E-state index >= 15 is 0 Å². The number of H-pyrrole nitrogens is 1. The molecule has 0 atom stereocenters. The van der Waals surface area contributed by atoms with Crippen LogP contribution in [0.1, 0.15) is 40.5 Å². The molecule has 1 amide bonds. The molecule has 0 unspecified atom stereocenters. The van der Waals surface area contributed by atoms with Crippen LogP contribution in [0.3, 0.4) is 0 Å². The summed E-state index contributed by atoms with van der Waals surface area (Å²) in [7, 11) is 0. The van der Waals surface area contributed by atoms with Gasteiger partial charge in [0, 0.05) is 24.8 Å². The zero-order valence-electron chi connectivity index (χ0n) is 14.7. The molecule has 0 radical (unpaired) electrons. The molecule has 7 heteroatoms. The number of piperidine rings is 1. The van der Waals surface area contributed by atoms with Gasteiger partial charge in [0.05, 0.1) is 5.39 Å². The Bertz CT molecular complexity index is 726. The summed E-state index contributed by atoms with van der Waals surface area (Å²) in [4.78, 5) is 26.1. The number of ether oxygens (including phenoxy) is 1. The van der Waals surface area contributed by atoms with Crippen molar-refractivity contribution in [2.75, 3.05) is 18.0 Å². The third-order valence-electron chi connectivity index (χ3n) is 4.30. The van der Waals surface area contributed by atoms with Gasteiger partial charge in [-0.2, -0.15) is 0 Å². The zero-order chi connectivity index (χ0) is 17.4. The van der Waals surface area contributed by atoms with Crippen LogP contribution in [0.2, 0.25) is 0 Å². The maximum Gasteiger partial charge on any atom is 0.408 e. The molecule has 2 aromatic rings. The number of rotatable bonds is 2. The van der Waals surface area contributed by atoms with E-state index in [4.69, 9.17) is 4.74 Å². The number of aromatic nitrogens is 3. The lowest BCUT2D eigenvalue weighted by Gasteiger charge is -2.40. The summed E-state index contributed by atoms with van der Waals surface area (Å²) in [5.74, 6) is 0.945. The predicted octanol–water partition coefficient (Wildman–Crippen LogP) is 2.84. The average molecular weight is 331 g/mol. The van der Waals surface area contributed by atoms with E-state index in [9.17, 15) is 4.79 Å². The van der Waals surface area contributed by atoms with E-state index in [0.717, 1.165) is 42.8 Å². The van der Waals surface area contributed by atoms with Crippen molar-refractivity contribution in [2.24, 2.45) is 0 Å². The second kappa shape index (κ2) is 5.96. The minimum Gasteiger partial charge on any atom is -0.444 e. The van der Waals surface area contributed by atoms with Crippen LogP contribution < -0.4 is 10.2 Å². The molecule has 0 aromatic carbocycles. The molecule has 2 aromatic heterocycles. The Kier molecular flexibility index (Phi) is 4.11. The Hall–Kier alpha value is -2.31. The SMILES string of the molecule is CC1(NC(=O)OC(C)(C)C)CCN(c2ncnc3[nH]ccc23)CC1. The summed E-state index contributed by atoms with van der Waals surface area (Å²) in [6, 6.07) is 2.00. The third-order valence-corrected chi connectivity index (χ3v) is 4.30. The summed E-state index contributed by atoms with van der Waals surface area (Å²) < 4.78 is 5.38. The first-order valence-corrected chi connectivity index (χ1v) is 8.30. The van der Waals surface area contributed by atoms with Gasteiger partial charge < -0.3 is 19.9 Å². The minimum atomic E-state index is -0.484. The fraction of sp³-hybridized carbons (Fsp3) is 0.588. The molecular formula is C17H25N5O2. The summed E-state index contributed by atoms with van der Waals surface area (Å²) in [6.07, 6.45) is 4.78. The number of anilines is 1. The average Bonchev–Trinajstić information content (AvgIpc) is 2.94. The molecule has 0 bridgehead atoms. The number of nitrogens with zero attached hydrogens (tertiary/aromatic N) is 3. The molecular weight excluding hydrogens is 306 g/mol. The van der Waals surface area contributed by atoms with E-state index in [1.807, 2.05) is 33.0 Å². The smallest absolute Gasteiger partial charge is 0.408 e. The number of alkyl carbamates (subject to hydrolysis) is 1. The van der Waals surface area contributed by atoms with Crippen LogP contribution in [-0.2, 0) is 4.74 Å². The van der Waals surface area contributed by atoms with Crippen LogP contribution in [0, 0.1) is 0 Å². The molecule has 3 heterocycles. The van der Waals surface area contributed by atoms with Gasteiger partial charge in [0.25, 0.3) is 0 Å². The second-order valence-electron chi connectivity index (χ2n) is 7.61. The van der Waals surface area contributed by atoms with Crippen LogP contribution in [0.4, 0.5) is 10.6 Å². The largest absolute Gasteiger partial charge is 0.444 e. The first-order chi connectivity index (χ1) is 11.3. The highest BCUT2D eigenvalue weighted by Gasteiger charge is 2.33. The van der Waals surface area contributed by atoms with Crippen molar-refractivity contribution in [1.82, 2.24) is 20.3 Å². The van der Waals surface area contributed by atoms with Crippen molar-refractivity contribution in [3.8, 4) is 0 Å². The topological polar surface area (TPSA) is 83.1 Å². The maximum absolute atomic E-state index is 12.1. The van der Waals surface area contributed by atoms with E-state index in [-0.39, 0.29) is 11.6 Å². The maximum atomic E-state index is 12.1. The van der Waals surface area contributed by atoms with Crippen LogP contribution in [-0.4, -0.2) is 45.3 Å². The second-order valence-corrected chi connectivity index (χ2v) is 7.61. The number of carbonyl (C=O) groups excluding carboxylic acids is 1. The minimum absolute atomic E-state index is 0.261. The Balaban J connectivity index is 1.65. The van der Waals surface area contributed by atoms with Crippen molar-refractivity contribution >= 4 is 22.9 Å². The molecule has 1 aliphatic heterocycles. The number of aromatic amines is 1. The molecule has 1 saturated heterocycles. The van der Waals surface area contributed by atoms with Gasteiger partial charge in [0.15, 0.2) is 0 Å². The Morgan fingerprint density at radius 3 is 2.71 bits per heavy atom. The standard InChI is InChI=1S/C17H25N5O2/c1-16(2,3)24-15(23)21-17(4)6-9-22(10-7-17)14-12-5-8-18-13(12)19-11-20-14/h5,8,11H,6-7,9-10H2,1-4H3,(H,21,23)(H,18,19,20). The van der Waals surface area contributed by atoms with Crippen LogP contribution >= 0.6 is 0 Å². The van der Waals surface area contributed by atoms with Crippen molar-refractivity contribution in [2.45, 2.75) is 51.7 Å². The van der Waals surface area contributed by atoms with Crippen molar-refractivity contribution in [3.63, 3.8) is 0 Å². The molecule has 1 aliphatic rings. The summed E-state index contributed by atoms with van der Waals surface area (Å²) in [5.41, 5.74) is 0.102. The molecule has 3 rings (SSSR count). The van der Waals surface area contributed by atoms with Gasteiger partial charge in [-0.05, 0) is 46.6 Å². The van der Waals surface area contributed by atoms with E-state index < -0.39 is 5.60 Å². The lowest BCUT2D eigenvalue weighted by Crippen LogP contribution is -2.54. The van der Waals surface area contributed by atoms with Crippen LogP contribution in [0.25, 0.3) is 11.0 Å². The molecule has 2 N–H and O–H groups in total. The van der Waals surface area contributed by atoms with E-state index in [1.165, 1.54) is 0 Å². The number of amides is 1. The van der Waals surface area contributed by atoms with Gasteiger partial charge in [-0.25, -0.2) is 14.8 Å². The summed E-state index contributed by atoms with van der Waals surface area (Å²) >= 11 is 0. The van der Waals surface area contributed by atoms with Crippen molar-refractivity contribution in [1.29, 1.82) is 0 Å². The van der Waals surface area contributed by atoms with E-state index in [1.54, 1.807) is 6.33 Å². The van der Waals surface area contributed by atoms with E-state index in [0.29, 0.717) is 0 Å². The van der Waals surface area contributed by atoms with Gasteiger partial charge in [-0.1, -0.05) is 0 Å². The number of hydrogen-bond acceptors (Lipinski definition) is 5. The fourth-order valence-electron chi connectivity index (χ4n) is 3.00. The molecule has 7 nitrogen and oxygen atoms in total. The number of nitrogens with one attached hydrogen (secondary N) is 2. The van der Waals surface area contributed by atoms with E-state index in [2.05, 4.69) is 32.1 Å². The lowest BCUT2D eigenvalue weighted by atomic mass is 9.89. The van der Waals surface area contributed by atoms with Gasteiger partial charge in [0.2, 0.25) is 0 Å². The molecule has 130 valence electrons. The number of carbonyl (C=O) groups is 1. The van der Waals surface area contributed by atoms with Crippen molar-refractivity contribution in [3.05, 3.63) is 18.6 Å². The Morgan fingerprint density at radius 2 is 2.04 bits per heavy atom. The zero-order valence-corrected chi connectivity index (χ0v) is 14.7. The number of hydrogen-bond donors (Lipinski definition) is 2. The fourth-order valence-corrected chi connectivity index (χ4v) is 3.00. The first-order valence-electron chi connectivity index (χ1n) is 8.30. The van der Waals surface area contributed by atoms with Gasteiger partial charge in [-0.15, -0.1) is 0 Å². The molecule has 0 saturated carbocycles. The highest BCUT2D eigenvalue weighted by molar-refractivity contribution is 5.87. The molecule has 1 fully saturated rings. The molecule has 24 heavy (non-hydrogen) atoms. The van der Waals surface area contributed by atoms with Crippen LogP contribution in [0.5, 0.6) is 0 Å². The predicted molar refractivity (Wildman–Crippen MR) is 93.1 cm³/mol. The highest BCUT2D eigenvalue weighted by atomic mass is 16.6. The third kappa shape index (κ3) is 3.60. The summed E-state index contributed by atoms with van der Waals surface area (Å²) in [6.45, 7) is 9.32. The monoisotopic (exact) mass is 331 g/mol. The Morgan fingerprint density at radius 1 is 1.33 bits per heavy atom. The van der Waals surface area contributed by atoms with Crippen LogP contribution in [0.15, 0.2) is 18.6 Å².